The quantitative estimate of drug-likeness (QED) is 0.140. The molecule has 0 aliphatic carbocycles. The molecule has 0 radical (unpaired) electrons. The Labute approximate surface area is 290 Å². The second-order valence-electron chi connectivity index (χ2n) is 13.2. The average Bonchev–Trinajstić information content (AvgIpc) is 3.12. The molecule has 6 rings (SSSR count). The summed E-state index contributed by atoms with van der Waals surface area (Å²) in [6.07, 6.45) is 2.92. The highest BCUT2D eigenvalue weighted by atomic mass is 16.5. The summed E-state index contributed by atoms with van der Waals surface area (Å²) < 4.78 is 30.2. The van der Waals surface area contributed by atoms with Gasteiger partial charge in [-0.25, -0.2) is 0 Å². The second kappa shape index (κ2) is 17.1. The number of aromatic hydroxyl groups is 1. The van der Waals surface area contributed by atoms with Gasteiger partial charge in [0.1, 0.15) is 29.1 Å². The maximum atomic E-state index is 10.8. The summed E-state index contributed by atoms with van der Waals surface area (Å²) in [6.45, 7) is 8.99. The Hall–Kier alpha value is -4.02. The lowest BCUT2D eigenvalue weighted by Crippen LogP contribution is -2.55. The van der Waals surface area contributed by atoms with Gasteiger partial charge in [-0.1, -0.05) is 30.3 Å². The lowest BCUT2D eigenvalue weighted by molar-refractivity contribution is 0.0319. The number of methoxy groups -OCH3 is 1. The van der Waals surface area contributed by atoms with E-state index in [0.717, 1.165) is 96.8 Å². The molecule has 0 saturated carbocycles. The molecule has 0 aromatic heterocycles. The molecule has 49 heavy (non-hydrogen) atoms. The highest BCUT2D eigenvalue weighted by Gasteiger charge is 2.25. The van der Waals surface area contributed by atoms with E-state index in [-0.39, 0.29) is 24.0 Å². The molecule has 0 spiro atoms. The molecule has 2 heterocycles. The van der Waals surface area contributed by atoms with E-state index < -0.39 is 0 Å². The summed E-state index contributed by atoms with van der Waals surface area (Å²) >= 11 is 0. The van der Waals surface area contributed by atoms with Crippen LogP contribution in [0.25, 0.3) is 10.8 Å². The zero-order chi connectivity index (χ0) is 34.0. The van der Waals surface area contributed by atoms with E-state index >= 15 is 0 Å². The Bertz CT molecular complexity index is 1630. The second-order valence-corrected chi connectivity index (χ2v) is 13.2. The van der Waals surface area contributed by atoms with Crippen molar-refractivity contribution in [2.45, 2.75) is 57.6 Å². The van der Waals surface area contributed by atoms with E-state index in [2.05, 4.69) is 41.2 Å². The van der Waals surface area contributed by atoms with Gasteiger partial charge in [0.15, 0.2) is 0 Å². The fraction of sp³-hybridized carbons (Fsp3) is 0.450. The van der Waals surface area contributed by atoms with Crippen LogP contribution >= 0.6 is 0 Å². The molecule has 2 fully saturated rings. The molecule has 3 atom stereocenters. The number of piperidine rings is 1. The molecule has 4 aromatic carbocycles. The van der Waals surface area contributed by atoms with Crippen molar-refractivity contribution >= 4 is 16.5 Å². The molecule has 0 amide bonds. The summed E-state index contributed by atoms with van der Waals surface area (Å²) in [7, 11) is 3.83. The zero-order valence-electron chi connectivity index (χ0n) is 29.1. The van der Waals surface area contributed by atoms with E-state index in [4.69, 9.17) is 23.7 Å². The van der Waals surface area contributed by atoms with Gasteiger partial charge in [-0.15, -0.1) is 0 Å². The number of ether oxygens (including phenoxy) is 5. The number of hydrogen-bond donors (Lipinski definition) is 2. The number of para-hydroxylation sites is 1. The van der Waals surface area contributed by atoms with Gasteiger partial charge in [0.05, 0.1) is 45.7 Å². The predicted octanol–water partition coefficient (Wildman–Crippen LogP) is 6.40. The number of phenolic OH excluding ortho intramolecular Hbond substituents is 1. The van der Waals surface area contributed by atoms with Crippen LogP contribution in [0, 0.1) is 0 Å². The first-order chi connectivity index (χ1) is 24.0. The molecule has 2 saturated heterocycles. The zero-order valence-corrected chi connectivity index (χ0v) is 29.1. The summed E-state index contributed by atoms with van der Waals surface area (Å²) in [4.78, 5) is 4.72. The molecule has 2 aliphatic heterocycles. The van der Waals surface area contributed by atoms with Gasteiger partial charge in [0, 0.05) is 55.8 Å². The summed E-state index contributed by atoms with van der Waals surface area (Å²) in [5.74, 6) is 2.76. The molecule has 9 heteroatoms. The van der Waals surface area contributed by atoms with Crippen molar-refractivity contribution in [2.75, 3.05) is 65.0 Å². The van der Waals surface area contributed by atoms with Crippen molar-refractivity contribution in [2.24, 2.45) is 0 Å². The van der Waals surface area contributed by atoms with Crippen molar-refractivity contribution in [3.8, 4) is 23.0 Å². The first-order valence-electron chi connectivity index (χ1n) is 17.6. The molecule has 2 aliphatic rings. The number of benzene rings is 4. The number of nitrogens with one attached hydrogen (secondary N) is 1. The van der Waals surface area contributed by atoms with Crippen molar-refractivity contribution < 1.29 is 28.8 Å². The van der Waals surface area contributed by atoms with Crippen LogP contribution in [0.15, 0.2) is 78.9 Å². The van der Waals surface area contributed by atoms with E-state index in [1.807, 2.05) is 60.7 Å². The summed E-state index contributed by atoms with van der Waals surface area (Å²) in [6, 6.07) is 26.2. The van der Waals surface area contributed by atoms with Gasteiger partial charge in [-0.05, 0) is 86.3 Å². The van der Waals surface area contributed by atoms with Crippen LogP contribution in [0.1, 0.15) is 37.3 Å². The molecule has 3 unspecified atom stereocenters. The minimum Gasteiger partial charge on any atom is -0.507 e. The topological polar surface area (TPSA) is 84.9 Å². The third kappa shape index (κ3) is 9.36. The number of phenols is 1. The van der Waals surface area contributed by atoms with E-state index in [1.165, 1.54) is 0 Å². The third-order valence-electron chi connectivity index (χ3n) is 9.51. The fourth-order valence-electron chi connectivity index (χ4n) is 6.82. The molecule has 4 aromatic rings. The van der Waals surface area contributed by atoms with Crippen LogP contribution in [0.5, 0.6) is 23.0 Å². The number of rotatable bonds is 15. The van der Waals surface area contributed by atoms with Gasteiger partial charge in [0.2, 0.25) is 0 Å². The molecule has 262 valence electrons. The smallest absolute Gasteiger partial charge is 0.124 e. The normalized spacial score (nSPS) is 19.1. The number of anilines is 1. The summed E-state index contributed by atoms with van der Waals surface area (Å²) in [5.41, 5.74) is 3.15. The van der Waals surface area contributed by atoms with Gasteiger partial charge in [0.25, 0.3) is 0 Å². The number of piperazine rings is 1. The number of hydrogen-bond acceptors (Lipinski definition) is 9. The maximum absolute atomic E-state index is 10.8. The van der Waals surface area contributed by atoms with Crippen molar-refractivity contribution in [1.29, 1.82) is 0 Å². The Morgan fingerprint density at radius 3 is 2.59 bits per heavy atom. The average molecular weight is 670 g/mol. The van der Waals surface area contributed by atoms with Gasteiger partial charge >= 0.3 is 0 Å². The monoisotopic (exact) mass is 669 g/mol. The van der Waals surface area contributed by atoms with Crippen LogP contribution in [-0.4, -0.2) is 88.4 Å². The SMILES string of the molecule is COc1ccccc1COCCCOc1ccc(N2CCCC(OCc3cc(OC(C)C4CN(C)CCN4)cc4cccc(O)c34)C2)cc1. The van der Waals surface area contributed by atoms with Crippen LogP contribution in [0.4, 0.5) is 5.69 Å². The standard InChI is InChI=1S/C40H51N3O6/c1-29(37-26-42(2)20-18-41-37)49-36-23-30-10-6-12-38(44)40(30)32(24-36)28-48-35-11-7-19-43(25-35)33-14-16-34(17-15-33)47-22-8-21-46-27-31-9-4-5-13-39(31)45-3/h4-6,9-10,12-17,23-24,29,35,37,41,44H,7-8,11,18-22,25-28H2,1-3H3. The summed E-state index contributed by atoms with van der Waals surface area (Å²) in [5, 5.41) is 16.2. The number of nitrogens with zero attached hydrogens (tertiary/aromatic N) is 2. The van der Waals surface area contributed by atoms with E-state index in [1.54, 1.807) is 13.2 Å². The Morgan fingerprint density at radius 2 is 1.76 bits per heavy atom. The highest BCUT2D eigenvalue weighted by Crippen LogP contribution is 2.34. The molecular formula is C40H51N3O6. The molecule has 2 N–H and O–H groups in total. The number of fused-ring (bicyclic) bond motifs is 1. The molecular weight excluding hydrogens is 618 g/mol. The maximum Gasteiger partial charge on any atom is 0.124 e. The van der Waals surface area contributed by atoms with Gasteiger partial charge in [-0.2, -0.15) is 0 Å². The molecule has 9 nitrogen and oxygen atoms in total. The number of likely N-dealkylation sites (N-methyl/N-ethyl adjacent to an activating group) is 1. The Morgan fingerprint density at radius 1 is 0.898 bits per heavy atom. The fourth-order valence-corrected chi connectivity index (χ4v) is 6.82. The van der Waals surface area contributed by atoms with Crippen molar-refractivity contribution in [3.63, 3.8) is 0 Å². The van der Waals surface area contributed by atoms with Crippen LogP contribution in [0.2, 0.25) is 0 Å². The van der Waals surface area contributed by atoms with Gasteiger partial charge < -0.3 is 43.9 Å². The first-order valence-corrected chi connectivity index (χ1v) is 17.6. The highest BCUT2D eigenvalue weighted by molar-refractivity contribution is 5.92. The van der Waals surface area contributed by atoms with Crippen LogP contribution in [0.3, 0.4) is 0 Å². The Kier molecular flexibility index (Phi) is 12.1. The lowest BCUT2D eigenvalue weighted by Gasteiger charge is -2.35. The lowest BCUT2D eigenvalue weighted by atomic mass is 10.0. The van der Waals surface area contributed by atoms with Crippen LogP contribution < -0.4 is 24.4 Å². The van der Waals surface area contributed by atoms with E-state index in [0.29, 0.717) is 26.4 Å². The largest absolute Gasteiger partial charge is 0.507 e. The molecule has 0 bridgehead atoms. The Balaban J connectivity index is 0.995. The first kappa shape index (κ1) is 34.8. The predicted molar refractivity (Wildman–Crippen MR) is 194 cm³/mol. The van der Waals surface area contributed by atoms with Crippen LogP contribution in [-0.2, 0) is 22.7 Å². The van der Waals surface area contributed by atoms with Gasteiger partial charge in [-0.3, -0.25) is 0 Å². The van der Waals surface area contributed by atoms with Crippen molar-refractivity contribution in [3.05, 3.63) is 90.0 Å². The van der Waals surface area contributed by atoms with E-state index in [9.17, 15) is 5.11 Å². The minimum atomic E-state index is -0.000942. The van der Waals surface area contributed by atoms with Crippen molar-refractivity contribution in [1.82, 2.24) is 10.2 Å². The minimum absolute atomic E-state index is 0.000942. The third-order valence-corrected chi connectivity index (χ3v) is 9.51.